The molecule has 0 amide bonds. The van der Waals surface area contributed by atoms with Gasteiger partial charge in [0.15, 0.2) is 17.4 Å². The molecular formula is C16H10FN3O. The van der Waals surface area contributed by atoms with Crippen LogP contribution in [0, 0.1) is 18.2 Å². The molecule has 0 atom stereocenters. The third-order valence-electron chi connectivity index (χ3n) is 3.24. The molecule has 3 aromatic rings. The molecular weight excluding hydrogens is 269 g/mol. The third kappa shape index (κ3) is 1.94. The molecule has 0 saturated heterocycles. The summed E-state index contributed by atoms with van der Waals surface area (Å²) < 4.78 is 14.0. The smallest absolute Gasteiger partial charge is 0.181 e. The molecule has 0 radical (unpaired) electrons. The maximum absolute atomic E-state index is 14.0. The SMILES string of the molecule is C#Cc1ccc(-c2nnc(N)c3ccccc23)c(O)c1F. The summed E-state index contributed by atoms with van der Waals surface area (Å²) in [5, 5.41) is 19.2. The fraction of sp³-hybridized carbons (Fsp3) is 0. The van der Waals surface area contributed by atoms with Gasteiger partial charge in [-0.25, -0.2) is 4.39 Å². The van der Waals surface area contributed by atoms with Gasteiger partial charge in [0.25, 0.3) is 0 Å². The van der Waals surface area contributed by atoms with Crippen molar-refractivity contribution in [1.82, 2.24) is 10.2 Å². The molecule has 0 aliphatic rings. The molecule has 0 unspecified atom stereocenters. The summed E-state index contributed by atoms with van der Waals surface area (Å²) in [4.78, 5) is 0. The molecule has 0 aliphatic heterocycles. The molecule has 0 saturated carbocycles. The number of anilines is 1. The monoisotopic (exact) mass is 279 g/mol. The van der Waals surface area contributed by atoms with Gasteiger partial charge < -0.3 is 10.8 Å². The first-order valence-corrected chi connectivity index (χ1v) is 6.13. The molecule has 0 aliphatic carbocycles. The normalized spacial score (nSPS) is 10.5. The zero-order chi connectivity index (χ0) is 15.0. The van der Waals surface area contributed by atoms with E-state index in [4.69, 9.17) is 12.2 Å². The lowest BCUT2D eigenvalue weighted by Gasteiger charge is -2.09. The molecule has 0 bridgehead atoms. The van der Waals surface area contributed by atoms with E-state index in [0.717, 1.165) is 0 Å². The summed E-state index contributed by atoms with van der Waals surface area (Å²) in [5.41, 5.74) is 6.33. The molecule has 5 heteroatoms. The van der Waals surface area contributed by atoms with Crippen LogP contribution in [0.2, 0.25) is 0 Å². The minimum absolute atomic E-state index is 0.0102. The molecule has 0 fully saturated rings. The number of rotatable bonds is 1. The maximum atomic E-state index is 14.0. The molecule has 1 aromatic heterocycles. The van der Waals surface area contributed by atoms with Gasteiger partial charge in [-0.15, -0.1) is 16.6 Å². The highest BCUT2D eigenvalue weighted by Gasteiger charge is 2.17. The van der Waals surface area contributed by atoms with Crippen LogP contribution in [0.3, 0.4) is 0 Å². The number of hydrogen-bond acceptors (Lipinski definition) is 4. The van der Waals surface area contributed by atoms with Crippen LogP contribution in [0.1, 0.15) is 5.56 Å². The zero-order valence-electron chi connectivity index (χ0n) is 10.8. The standard InChI is InChI=1S/C16H10FN3O/c1-2-9-7-8-12(15(21)13(9)17)14-10-5-3-4-6-11(10)16(18)20-19-14/h1,3-8,21H,(H2,18,20). The van der Waals surface area contributed by atoms with Crippen molar-refractivity contribution in [2.24, 2.45) is 0 Å². The topological polar surface area (TPSA) is 72.0 Å². The predicted octanol–water partition coefficient (Wildman–Crippen LogP) is 2.71. The third-order valence-corrected chi connectivity index (χ3v) is 3.24. The number of benzene rings is 2. The van der Waals surface area contributed by atoms with E-state index in [9.17, 15) is 9.50 Å². The number of hydrogen-bond donors (Lipinski definition) is 2. The Morgan fingerprint density at radius 2 is 1.81 bits per heavy atom. The van der Waals surface area contributed by atoms with Crippen molar-refractivity contribution in [2.75, 3.05) is 5.73 Å². The van der Waals surface area contributed by atoms with Crippen molar-refractivity contribution in [2.45, 2.75) is 0 Å². The van der Waals surface area contributed by atoms with Crippen LogP contribution in [0.5, 0.6) is 5.75 Å². The average Bonchev–Trinajstić information content (AvgIpc) is 2.51. The van der Waals surface area contributed by atoms with E-state index in [1.165, 1.54) is 12.1 Å². The molecule has 102 valence electrons. The summed E-state index contributed by atoms with van der Waals surface area (Å²) in [7, 11) is 0. The Labute approximate surface area is 120 Å². The van der Waals surface area contributed by atoms with Crippen molar-refractivity contribution >= 4 is 16.6 Å². The molecule has 1 heterocycles. The molecule has 4 nitrogen and oxygen atoms in total. The van der Waals surface area contributed by atoms with Gasteiger partial charge in [-0.2, -0.15) is 0 Å². The Morgan fingerprint density at radius 1 is 1.10 bits per heavy atom. The largest absolute Gasteiger partial charge is 0.504 e. The van der Waals surface area contributed by atoms with Gasteiger partial charge in [0.2, 0.25) is 0 Å². The van der Waals surface area contributed by atoms with E-state index in [2.05, 4.69) is 16.1 Å². The number of fused-ring (bicyclic) bond motifs is 1. The first kappa shape index (κ1) is 12.9. The Kier molecular flexibility index (Phi) is 2.92. The van der Waals surface area contributed by atoms with Crippen LogP contribution in [-0.4, -0.2) is 15.3 Å². The van der Waals surface area contributed by atoms with Crippen molar-refractivity contribution in [3.05, 3.63) is 47.8 Å². The average molecular weight is 279 g/mol. The van der Waals surface area contributed by atoms with Crippen LogP contribution in [0.25, 0.3) is 22.0 Å². The highest BCUT2D eigenvalue weighted by atomic mass is 19.1. The van der Waals surface area contributed by atoms with Crippen molar-refractivity contribution in [3.8, 4) is 29.4 Å². The lowest BCUT2D eigenvalue weighted by Crippen LogP contribution is -1.98. The minimum atomic E-state index is -0.849. The Morgan fingerprint density at radius 3 is 2.52 bits per heavy atom. The number of phenols is 1. The maximum Gasteiger partial charge on any atom is 0.181 e. The van der Waals surface area contributed by atoms with Crippen LogP contribution in [0.15, 0.2) is 36.4 Å². The van der Waals surface area contributed by atoms with E-state index in [-0.39, 0.29) is 16.9 Å². The molecule has 3 N–H and O–H groups in total. The summed E-state index contributed by atoms with van der Waals surface area (Å²) in [6.07, 6.45) is 5.17. The zero-order valence-corrected chi connectivity index (χ0v) is 10.8. The number of nitrogens with two attached hydrogens (primary N) is 1. The predicted molar refractivity (Wildman–Crippen MR) is 78.9 cm³/mol. The van der Waals surface area contributed by atoms with Crippen molar-refractivity contribution < 1.29 is 9.50 Å². The van der Waals surface area contributed by atoms with Gasteiger partial charge in [0.05, 0.1) is 5.56 Å². The fourth-order valence-corrected chi connectivity index (χ4v) is 2.19. The van der Waals surface area contributed by atoms with E-state index >= 15 is 0 Å². The molecule has 0 spiro atoms. The number of nitrogens with zero attached hydrogens (tertiary/aromatic N) is 2. The van der Waals surface area contributed by atoms with E-state index in [1.54, 1.807) is 18.2 Å². The summed E-state index contributed by atoms with van der Waals surface area (Å²) in [5.74, 6) is 1.05. The summed E-state index contributed by atoms with van der Waals surface area (Å²) in [6, 6.07) is 10.1. The number of phenolic OH excluding ortho intramolecular Hbond substituents is 1. The van der Waals surface area contributed by atoms with E-state index in [0.29, 0.717) is 16.5 Å². The number of nitrogen functional groups attached to an aromatic ring is 1. The number of terminal acetylenes is 1. The second kappa shape index (κ2) is 4.76. The number of aromatic nitrogens is 2. The van der Waals surface area contributed by atoms with Gasteiger partial charge >= 0.3 is 0 Å². The van der Waals surface area contributed by atoms with E-state index in [1.807, 2.05) is 6.07 Å². The van der Waals surface area contributed by atoms with Crippen molar-refractivity contribution in [3.63, 3.8) is 0 Å². The highest BCUT2D eigenvalue weighted by molar-refractivity contribution is 6.00. The molecule has 2 aromatic carbocycles. The van der Waals surface area contributed by atoms with Gasteiger partial charge in [-0.05, 0) is 12.1 Å². The lowest BCUT2D eigenvalue weighted by molar-refractivity contribution is 0.433. The molecule has 3 rings (SSSR count). The fourth-order valence-electron chi connectivity index (χ4n) is 2.19. The van der Waals surface area contributed by atoms with Crippen LogP contribution in [-0.2, 0) is 0 Å². The lowest BCUT2D eigenvalue weighted by atomic mass is 10.0. The van der Waals surface area contributed by atoms with Crippen LogP contribution >= 0.6 is 0 Å². The second-order valence-electron chi connectivity index (χ2n) is 4.45. The van der Waals surface area contributed by atoms with Crippen LogP contribution < -0.4 is 5.73 Å². The minimum Gasteiger partial charge on any atom is -0.504 e. The Hall–Kier alpha value is -3.13. The van der Waals surface area contributed by atoms with Crippen LogP contribution in [0.4, 0.5) is 10.2 Å². The Bertz CT molecular complexity index is 900. The first-order valence-electron chi connectivity index (χ1n) is 6.13. The summed E-state index contributed by atoms with van der Waals surface area (Å²) >= 11 is 0. The van der Waals surface area contributed by atoms with Crippen molar-refractivity contribution in [1.29, 1.82) is 0 Å². The van der Waals surface area contributed by atoms with Gasteiger partial charge in [0, 0.05) is 16.3 Å². The quantitative estimate of drug-likeness (QED) is 0.672. The molecule has 21 heavy (non-hydrogen) atoms. The Balaban J connectivity index is 2.35. The van der Waals surface area contributed by atoms with Gasteiger partial charge in [-0.3, -0.25) is 0 Å². The first-order chi connectivity index (χ1) is 10.1. The highest BCUT2D eigenvalue weighted by Crippen LogP contribution is 2.36. The second-order valence-corrected chi connectivity index (χ2v) is 4.45. The number of aromatic hydroxyl groups is 1. The van der Waals surface area contributed by atoms with E-state index < -0.39 is 11.6 Å². The number of halogens is 1. The summed E-state index contributed by atoms with van der Waals surface area (Å²) in [6.45, 7) is 0. The van der Waals surface area contributed by atoms with Gasteiger partial charge in [0.1, 0.15) is 5.69 Å². The van der Waals surface area contributed by atoms with Gasteiger partial charge in [-0.1, -0.05) is 30.2 Å².